The van der Waals surface area contributed by atoms with Crippen LogP contribution in [0.25, 0.3) is 0 Å². The third-order valence-electron chi connectivity index (χ3n) is 3.11. The summed E-state index contributed by atoms with van der Waals surface area (Å²) in [5, 5.41) is 7.33. The molecule has 2 rings (SSSR count). The second-order valence-electron chi connectivity index (χ2n) is 4.86. The number of nitrogens with zero attached hydrogens (tertiary/aromatic N) is 2. The van der Waals surface area contributed by atoms with Gasteiger partial charge in [0.1, 0.15) is 0 Å². The van der Waals surface area contributed by atoms with Crippen LogP contribution in [0.1, 0.15) is 18.1 Å². The predicted octanol–water partition coefficient (Wildman–Crippen LogP) is 3.03. The molecule has 0 spiro atoms. The van der Waals surface area contributed by atoms with Crippen molar-refractivity contribution in [1.29, 1.82) is 0 Å². The second-order valence-corrected chi connectivity index (χ2v) is 5.30. The third kappa shape index (κ3) is 5.74. The fourth-order valence-corrected chi connectivity index (χ4v) is 2.10. The number of rotatable bonds is 6. The van der Waals surface area contributed by atoms with E-state index in [0.29, 0.717) is 6.54 Å². The van der Waals surface area contributed by atoms with Crippen LogP contribution in [-0.4, -0.2) is 24.0 Å². The molecule has 0 radical (unpaired) electrons. The predicted molar refractivity (Wildman–Crippen MR) is 92.2 cm³/mol. The summed E-state index contributed by atoms with van der Waals surface area (Å²) in [6.07, 6.45) is 4.59. The van der Waals surface area contributed by atoms with Crippen molar-refractivity contribution in [2.24, 2.45) is 4.99 Å². The van der Waals surface area contributed by atoms with E-state index in [1.165, 1.54) is 5.56 Å². The Labute approximate surface area is 136 Å². The van der Waals surface area contributed by atoms with Gasteiger partial charge in [0, 0.05) is 30.5 Å². The van der Waals surface area contributed by atoms with Crippen molar-refractivity contribution in [2.45, 2.75) is 19.9 Å². The fraction of sp³-hybridized carbons (Fsp3) is 0.294. The molecule has 4 nitrogen and oxygen atoms in total. The number of hydrogen-bond acceptors (Lipinski definition) is 2. The normalized spacial score (nSPS) is 11.3. The molecular formula is C17H21ClN4. The van der Waals surface area contributed by atoms with Gasteiger partial charge >= 0.3 is 0 Å². The molecule has 0 aliphatic carbocycles. The Morgan fingerprint density at radius 2 is 1.95 bits per heavy atom. The van der Waals surface area contributed by atoms with E-state index in [1.54, 1.807) is 6.20 Å². The molecule has 0 unspecified atom stereocenters. The van der Waals surface area contributed by atoms with E-state index in [9.17, 15) is 0 Å². The molecule has 1 aromatic heterocycles. The molecule has 22 heavy (non-hydrogen) atoms. The Kier molecular flexibility index (Phi) is 6.71. The van der Waals surface area contributed by atoms with Crippen molar-refractivity contribution >= 4 is 17.6 Å². The number of benzene rings is 1. The number of guanidine groups is 1. The summed E-state index contributed by atoms with van der Waals surface area (Å²) in [7, 11) is 0. The van der Waals surface area contributed by atoms with E-state index in [-0.39, 0.29) is 0 Å². The van der Waals surface area contributed by atoms with Gasteiger partial charge in [-0.05, 0) is 42.7 Å². The van der Waals surface area contributed by atoms with Gasteiger partial charge in [0.05, 0.1) is 6.54 Å². The Morgan fingerprint density at radius 1 is 1.14 bits per heavy atom. The van der Waals surface area contributed by atoms with Crippen LogP contribution in [-0.2, 0) is 13.0 Å². The van der Waals surface area contributed by atoms with Gasteiger partial charge in [-0.15, -0.1) is 0 Å². The zero-order valence-electron chi connectivity index (χ0n) is 12.7. The van der Waals surface area contributed by atoms with Gasteiger partial charge in [-0.1, -0.05) is 29.8 Å². The van der Waals surface area contributed by atoms with Crippen LogP contribution in [0.5, 0.6) is 0 Å². The monoisotopic (exact) mass is 316 g/mol. The van der Waals surface area contributed by atoms with Crippen LogP contribution in [0.2, 0.25) is 5.02 Å². The van der Waals surface area contributed by atoms with Crippen molar-refractivity contribution in [3.8, 4) is 0 Å². The van der Waals surface area contributed by atoms with E-state index in [0.717, 1.165) is 36.1 Å². The number of nitrogens with one attached hydrogen (secondary N) is 2. The lowest BCUT2D eigenvalue weighted by molar-refractivity contribution is 0.798. The molecule has 5 heteroatoms. The molecule has 2 N–H and O–H groups in total. The Hall–Kier alpha value is -2.07. The van der Waals surface area contributed by atoms with E-state index >= 15 is 0 Å². The first-order valence-corrected chi connectivity index (χ1v) is 7.81. The van der Waals surface area contributed by atoms with E-state index in [1.807, 2.05) is 36.5 Å². The van der Waals surface area contributed by atoms with Crippen LogP contribution >= 0.6 is 11.6 Å². The number of halogens is 1. The second kappa shape index (κ2) is 9.05. The highest BCUT2D eigenvalue weighted by Crippen LogP contribution is 2.10. The molecule has 0 atom stereocenters. The number of aliphatic imine (C=N–C) groups is 1. The molecule has 2 aromatic rings. The molecule has 0 saturated carbocycles. The van der Waals surface area contributed by atoms with Gasteiger partial charge in [0.2, 0.25) is 0 Å². The summed E-state index contributed by atoms with van der Waals surface area (Å²) in [6.45, 7) is 4.33. The molecule has 1 aromatic carbocycles. The maximum atomic E-state index is 5.89. The van der Waals surface area contributed by atoms with Crippen LogP contribution < -0.4 is 10.6 Å². The number of aromatic nitrogens is 1. The first-order valence-electron chi connectivity index (χ1n) is 7.43. The largest absolute Gasteiger partial charge is 0.357 e. The molecule has 0 fully saturated rings. The van der Waals surface area contributed by atoms with Gasteiger partial charge in [-0.25, -0.2) is 4.99 Å². The SMILES string of the molecule is CCNC(=NCc1ccc(Cl)cc1)NCCc1cccnc1. The van der Waals surface area contributed by atoms with E-state index < -0.39 is 0 Å². The lowest BCUT2D eigenvalue weighted by Crippen LogP contribution is -2.38. The molecule has 0 aliphatic rings. The van der Waals surface area contributed by atoms with Gasteiger partial charge in [-0.3, -0.25) is 4.98 Å². The quantitative estimate of drug-likeness (QED) is 0.636. The molecule has 0 amide bonds. The number of hydrogen-bond donors (Lipinski definition) is 2. The van der Waals surface area contributed by atoms with Gasteiger partial charge < -0.3 is 10.6 Å². The first-order chi connectivity index (χ1) is 10.8. The highest BCUT2D eigenvalue weighted by molar-refractivity contribution is 6.30. The zero-order chi connectivity index (χ0) is 15.6. The van der Waals surface area contributed by atoms with E-state index in [2.05, 4.69) is 33.6 Å². The van der Waals surface area contributed by atoms with Crippen LogP contribution in [0.15, 0.2) is 53.8 Å². The zero-order valence-corrected chi connectivity index (χ0v) is 13.5. The molecule has 1 heterocycles. The smallest absolute Gasteiger partial charge is 0.191 e. The Bertz CT molecular complexity index is 581. The maximum Gasteiger partial charge on any atom is 0.191 e. The van der Waals surface area contributed by atoms with Crippen molar-refractivity contribution in [3.63, 3.8) is 0 Å². The summed E-state index contributed by atoms with van der Waals surface area (Å²) in [6, 6.07) is 11.8. The summed E-state index contributed by atoms with van der Waals surface area (Å²) < 4.78 is 0. The highest BCUT2D eigenvalue weighted by Gasteiger charge is 1.98. The minimum atomic E-state index is 0.624. The standard InChI is InChI=1S/C17H21ClN4/c1-2-20-17(21-11-9-14-4-3-10-19-12-14)22-13-15-5-7-16(18)8-6-15/h3-8,10,12H,2,9,11,13H2,1H3,(H2,20,21,22). The summed E-state index contributed by atoms with van der Waals surface area (Å²) in [5.41, 5.74) is 2.34. The topological polar surface area (TPSA) is 49.3 Å². The Morgan fingerprint density at radius 3 is 2.64 bits per heavy atom. The molecular weight excluding hydrogens is 296 g/mol. The first kappa shape index (κ1) is 16.3. The summed E-state index contributed by atoms with van der Waals surface area (Å²) >= 11 is 5.89. The summed E-state index contributed by atoms with van der Waals surface area (Å²) in [5.74, 6) is 0.821. The lowest BCUT2D eigenvalue weighted by atomic mass is 10.2. The van der Waals surface area contributed by atoms with E-state index in [4.69, 9.17) is 11.6 Å². The fourth-order valence-electron chi connectivity index (χ4n) is 1.97. The van der Waals surface area contributed by atoms with Crippen molar-refractivity contribution in [1.82, 2.24) is 15.6 Å². The van der Waals surface area contributed by atoms with Gasteiger partial charge in [0.25, 0.3) is 0 Å². The molecule has 0 bridgehead atoms. The minimum absolute atomic E-state index is 0.624. The van der Waals surface area contributed by atoms with Crippen LogP contribution in [0, 0.1) is 0 Å². The van der Waals surface area contributed by atoms with Crippen molar-refractivity contribution in [3.05, 3.63) is 64.9 Å². The van der Waals surface area contributed by atoms with Crippen molar-refractivity contribution < 1.29 is 0 Å². The van der Waals surface area contributed by atoms with Crippen LogP contribution in [0.4, 0.5) is 0 Å². The average molecular weight is 317 g/mol. The van der Waals surface area contributed by atoms with Gasteiger partial charge in [0.15, 0.2) is 5.96 Å². The van der Waals surface area contributed by atoms with Crippen LogP contribution in [0.3, 0.4) is 0 Å². The molecule has 0 aliphatic heterocycles. The maximum absolute atomic E-state index is 5.89. The van der Waals surface area contributed by atoms with Crippen molar-refractivity contribution in [2.75, 3.05) is 13.1 Å². The molecule has 0 saturated heterocycles. The van der Waals surface area contributed by atoms with Gasteiger partial charge in [-0.2, -0.15) is 0 Å². The summed E-state index contributed by atoms with van der Waals surface area (Å²) in [4.78, 5) is 8.70. The minimum Gasteiger partial charge on any atom is -0.357 e. The average Bonchev–Trinajstić information content (AvgIpc) is 2.55. The number of pyridine rings is 1. The lowest BCUT2D eigenvalue weighted by Gasteiger charge is -2.11. The molecule has 116 valence electrons. The highest BCUT2D eigenvalue weighted by atomic mass is 35.5. The third-order valence-corrected chi connectivity index (χ3v) is 3.36. The Balaban J connectivity index is 1.85.